The Morgan fingerprint density at radius 2 is 1.26 bits per heavy atom. The summed E-state index contributed by atoms with van der Waals surface area (Å²) in [4.78, 5) is 12.1. The molecule has 0 spiro atoms. The number of esters is 1. The number of aliphatic hydroxyl groups excluding tert-OH is 10. The van der Waals surface area contributed by atoms with Crippen molar-refractivity contribution in [2.45, 2.75) is 266 Å². The highest BCUT2D eigenvalue weighted by Crippen LogP contribution is 2.67. The van der Waals surface area contributed by atoms with E-state index >= 15 is 0 Å². The fourth-order valence-electron chi connectivity index (χ4n) is 15.7. The van der Waals surface area contributed by atoms with Crippen molar-refractivity contribution in [2.24, 2.45) is 34.5 Å². The first-order chi connectivity index (χ1) is 38.4. The number of hydrogen-bond donors (Lipinski definition) is 10. The monoisotopic (exact) mass is 1160 g/mol. The lowest BCUT2D eigenvalue weighted by Gasteiger charge is -2.58. The van der Waals surface area contributed by atoms with E-state index in [1.807, 2.05) is 13.8 Å². The molecule has 25 heteroatoms. The summed E-state index contributed by atoms with van der Waals surface area (Å²) in [5, 5.41) is 108. The molecule has 0 amide bonds. The van der Waals surface area contributed by atoms with Crippen molar-refractivity contribution in [1.82, 2.24) is 0 Å². The van der Waals surface area contributed by atoms with Crippen LogP contribution in [0, 0.1) is 34.5 Å². The quantitative estimate of drug-likeness (QED) is 0.0620. The van der Waals surface area contributed by atoms with Crippen molar-refractivity contribution in [3.05, 3.63) is 11.6 Å². The second kappa shape index (κ2) is 25.9. The predicted octanol–water partition coefficient (Wildman–Crippen LogP) is -0.956. The molecular weight excluding hydrogens is 1070 g/mol. The summed E-state index contributed by atoms with van der Waals surface area (Å²) in [6.07, 6.45) is -22.1. The van der Waals surface area contributed by atoms with Crippen molar-refractivity contribution in [3.63, 3.8) is 0 Å². The van der Waals surface area contributed by atoms with Gasteiger partial charge in [-0.15, -0.1) is 0 Å². The summed E-state index contributed by atoms with van der Waals surface area (Å²) in [6, 6.07) is 0. The highest BCUT2D eigenvalue weighted by Gasteiger charge is 2.63. The van der Waals surface area contributed by atoms with E-state index < -0.39 is 179 Å². The zero-order chi connectivity index (χ0) is 58.7. The van der Waals surface area contributed by atoms with Crippen molar-refractivity contribution >= 4 is 5.97 Å². The Balaban J connectivity index is 0.831. The molecule has 10 N–H and O–H groups in total. The number of carbonyl (C=O) groups excluding carboxylic acids is 1. The Hall–Kier alpha value is -1.71. The summed E-state index contributed by atoms with van der Waals surface area (Å²) in [6.45, 7) is 11.7. The molecule has 33 atom stereocenters. The minimum absolute atomic E-state index is 0.0830. The first kappa shape index (κ1) is 63.8. The molecule has 8 fully saturated rings. The van der Waals surface area contributed by atoms with Crippen LogP contribution in [0.2, 0.25) is 0 Å². The maximum Gasteiger partial charge on any atom is 0.303 e. The van der Waals surface area contributed by atoms with Crippen LogP contribution in [0.25, 0.3) is 0 Å². The summed E-state index contributed by atoms with van der Waals surface area (Å²) in [5.74, 6) is -0.0959. The van der Waals surface area contributed by atoms with Gasteiger partial charge in [0.05, 0.1) is 55.9 Å². The molecule has 9 rings (SSSR count). The number of fused-ring (bicyclic) bond motifs is 5. The highest BCUT2D eigenvalue weighted by molar-refractivity contribution is 5.66. The molecule has 25 nitrogen and oxygen atoms in total. The van der Waals surface area contributed by atoms with E-state index in [4.69, 9.17) is 66.3 Å². The number of rotatable bonds is 17. The van der Waals surface area contributed by atoms with Gasteiger partial charge in [-0.1, -0.05) is 25.5 Å². The van der Waals surface area contributed by atoms with Crippen LogP contribution in [0.15, 0.2) is 11.6 Å². The molecule has 9 aliphatic rings. The van der Waals surface area contributed by atoms with E-state index in [1.165, 1.54) is 26.7 Å². The molecule has 5 heterocycles. The van der Waals surface area contributed by atoms with E-state index in [0.29, 0.717) is 24.7 Å². The molecule has 81 heavy (non-hydrogen) atoms. The van der Waals surface area contributed by atoms with E-state index in [9.17, 15) is 55.9 Å². The molecule has 4 aliphatic carbocycles. The third kappa shape index (κ3) is 12.3. The Bertz CT molecular complexity index is 2110. The first-order valence-electron chi connectivity index (χ1n) is 29.1. The first-order valence-corrected chi connectivity index (χ1v) is 29.1. The van der Waals surface area contributed by atoms with E-state index in [2.05, 4.69) is 19.9 Å². The van der Waals surface area contributed by atoms with Crippen LogP contribution in [-0.4, -0.2) is 257 Å². The second-order valence-electron chi connectivity index (χ2n) is 24.9. The van der Waals surface area contributed by atoms with Gasteiger partial charge in [0.25, 0.3) is 0 Å². The molecule has 3 saturated carbocycles. The molecule has 466 valence electrons. The minimum atomic E-state index is -1.85. The van der Waals surface area contributed by atoms with Gasteiger partial charge in [-0.25, -0.2) is 0 Å². The van der Waals surface area contributed by atoms with Crippen molar-refractivity contribution in [1.29, 1.82) is 0 Å². The number of hydrogen-bond acceptors (Lipinski definition) is 25. The number of carbonyl (C=O) groups is 1. The van der Waals surface area contributed by atoms with Gasteiger partial charge in [-0.3, -0.25) is 4.79 Å². The van der Waals surface area contributed by atoms with Gasteiger partial charge >= 0.3 is 5.97 Å². The average molecular weight is 1170 g/mol. The number of aliphatic hydroxyl groups is 10. The van der Waals surface area contributed by atoms with Crippen molar-refractivity contribution in [3.8, 4) is 0 Å². The zero-order valence-electron chi connectivity index (χ0n) is 48.1. The van der Waals surface area contributed by atoms with Crippen LogP contribution in [0.3, 0.4) is 0 Å². The maximum atomic E-state index is 12.2. The second-order valence-corrected chi connectivity index (χ2v) is 24.9. The molecule has 0 aromatic heterocycles. The van der Waals surface area contributed by atoms with Gasteiger partial charge in [0.2, 0.25) is 0 Å². The van der Waals surface area contributed by atoms with Gasteiger partial charge in [-0.2, -0.15) is 0 Å². The SMILES string of the molecule is CO[C@@H]1[C@H](O)[C@H](C)O[C@H](O[C@H](C)C2[C@@H](O)CC3C4CC=C5C[C@@H](O[C@H]6C[C@H](OC)[C@H](O[C@@H]7O[C@H](C)[C@H](O)[C@H](OC)[C@H]7OC(C)=O)[C@@H](C)O6)CC[C@]5(C)C4CC[C@@]32C)[C@H]1O[C@H]1O[C@@H](CO[C@H]2O[C@@H](CO)[C@H](O)[C@@H](O)[C@@H]2O)[C@H](O)[C@@H](O)[C@@H]1O. The van der Waals surface area contributed by atoms with Gasteiger partial charge < -0.3 is 117 Å². The molecule has 5 aliphatic heterocycles. The van der Waals surface area contributed by atoms with Crippen LogP contribution in [0.5, 0.6) is 0 Å². The lowest BCUT2D eigenvalue weighted by Crippen LogP contribution is -2.65. The Morgan fingerprint density at radius 3 is 1.90 bits per heavy atom. The topological polar surface area (TPSA) is 349 Å². The van der Waals surface area contributed by atoms with Crippen LogP contribution in [0.1, 0.15) is 99.8 Å². The Labute approximate surface area is 473 Å². The molecule has 4 unspecified atom stereocenters. The Morgan fingerprint density at radius 1 is 0.642 bits per heavy atom. The number of allylic oxidation sites excluding steroid dienone is 1. The normalized spacial score (nSPS) is 52.5. The van der Waals surface area contributed by atoms with Crippen molar-refractivity contribution in [2.75, 3.05) is 34.5 Å². The predicted molar refractivity (Wildman–Crippen MR) is 276 cm³/mol. The molecular formula is C56H92O25. The van der Waals surface area contributed by atoms with Gasteiger partial charge in [-0.05, 0) is 101 Å². The third-order valence-corrected chi connectivity index (χ3v) is 20.2. The van der Waals surface area contributed by atoms with E-state index in [-0.39, 0.29) is 28.8 Å². The largest absolute Gasteiger partial charge is 0.454 e. The van der Waals surface area contributed by atoms with Crippen LogP contribution < -0.4 is 0 Å². The summed E-state index contributed by atoms with van der Waals surface area (Å²) < 4.78 is 85.0. The Kier molecular flexibility index (Phi) is 20.4. The summed E-state index contributed by atoms with van der Waals surface area (Å²) in [7, 11) is 4.40. The highest BCUT2D eigenvalue weighted by atomic mass is 16.8. The zero-order valence-corrected chi connectivity index (χ0v) is 48.1. The van der Waals surface area contributed by atoms with Gasteiger partial charge in [0.1, 0.15) is 85.5 Å². The molecule has 0 aromatic carbocycles. The fourth-order valence-corrected chi connectivity index (χ4v) is 15.7. The lowest BCUT2D eigenvalue weighted by molar-refractivity contribution is -0.376. The molecule has 0 radical (unpaired) electrons. The minimum Gasteiger partial charge on any atom is -0.454 e. The van der Waals surface area contributed by atoms with E-state index in [0.717, 1.165) is 38.5 Å². The third-order valence-electron chi connectivity index (χ3n) is 20.2. The molecule has 0 aromatic rings. The molecule has 5 saturated heterocycles. The van der Waals surface area contributed by atoms with Crippen LogP contribution in [0.4, 0.5) is 0 Å². The van der Waals surface area contributed by atoms with Crippen LogP contribution >= 0.6 is 0 Å². The molecule has 0 bridgehead atoms. The number of methoxy groups -OCH3 is 3. The van der Waals surface area contributed by atoms with Crippen LogP contribution in [-0.2, 0) is 71.1 Å². The van der Waals surface area contributed by atoms with Gasteiger partial charge in [0, 0.05) is 40.6 Å². The van der Waals surface area contributed by atoms with Gasteiger partial charge in [0.15, 0.2) is 37.6 Å². The summed E-state index contributed by atoms with van der Waals surface area (Å²) >= 11 is 0. The lowest BCUT2D eigenvalue weighted by atomic mass is 9.47. The fraction of sp³-hybridized carbons (Fsp3) is 0.946. The smallest absolute Gasteiger partial charge is 0.303 e. The van der Waals surface area contributed by atoms with E-state index in [1.54, 1.807) is 21.0 Å². The summed E-state index contributed by atoms with van der Waals surface area (Å²) in [5.41, 5.74) is 0.949. The van der Waals surface area contributed by atoms with Crippen molar-refractivity contribution < 1.29 is 122 Å². The number of ether oxygens (including phenoxy) is 14. The standard InChI is InChI=1S/C56H92O25/c1-22(73-53-50(48(70-10)39(61)23(2)74-53)81-52-45(67)43(65)41(63)35(79-52)21-71-51-44(66)42(64)40(62)34(20-57)78-51)37-32(59)18-31-29-12-11-27-17-28(13-15-55(27,6)30(29)14-16-56(31,37)7)77-36-19-33(68-8)46(25(4)72-36)80-54-49(76-26(5)58)47(69-9)38(60)24(3)75-54/h11,22-25,28-54,57,59-67H,12-21H2,1-10H3/t22-,23+,24-,25-,28+,29?,30?,31?,32+,33+,34+,35+,36+,37?,38+,39-,40+,41+,42-,43-,44+,45+,46-,47+,48-,49-,50+,51+,52-,53+,54+,55+,56+/m1/s1. The average Bonchev–Trinajstić information content (AvgIpc) is 3.95. The maximum absolute atomic E-state index is 12.2.